The Morgan fingerprint density at radius 3 is 2.43 bits per heavy atom. The van der Waals surface area contributed by atoms with E-state index in [1.165, 1.54) is 6.07 Å². The van der Waals surface area contributed by atoms with E-state index in [0.717, 1.165) is 17.7 Å². The molecule has 0 aliphatic carbocycles. The quantitative estimate of drug-likeness (QED) is 0.736. The molecule has 2 rings (SSSR count). The molecule has 112 valence electrons. The summed E-state index contributed by atoms with van der Waals surface area (Å²) in [6.07, 6.45) is 0.382. The molecule has 0 aliphatic heterocycles. The first-order chi connectivity index (χ1) is 9.92. The van der Waals surface area contributed by atoms with E-state index in [-0.39, 0.29) is 16.4 Å². The van der Waals surface area contributed by atoms with E-state index in [2.05, 4.69) is 21.2 Å². The first kappa shape index (κ1) is 16.3. The Hall–Kier alpha value is -1.04. The molecule has 0 saturated heterocycles. The average Bonchev–Trinajstić information content (AvgIpc) is 2.44. The molecule has 1 nitrogen and oxygen atoms in total. The molecule has 0 spiro atoms. The highest BCUT2D eigenvalue weighted by molar-refractivity contribution is 9.10. The molecule has 1 N–H and O–H groups in total. The van der Waals surface area contributed by atoms with Gasteiger partial charge in [-0.05, 0) is 59.2 Å². The number of nitrogens with one attached hydrogen (secondary N) is 1. The molecule has 0 heterocycles. The molecule has 2 aromatic carbocycles. The van der Waals surface area contributed by atoms with Crippen LogP contribution in [-0.2, 0) is 6.42 Å². The molecule has 0 aliphatic rings. The minimum atomic E-state index is -0.673. The fraction of sp³-hybridized carbons (Fsp3) is 0.200. The Balaban J connectivity index is 2.31. The van der Waals surface area contributed by atoms with Crippen LogP contribution in [0.1, 0.15) is 17.2 Å². The lowest BCUT2D eigenvalue weighted by Crippen LogP contribution is -2.20. The van der Waals surface area contributed by atoms with E-state index in [4.69, 9.17) is 11.6 Å². The van der Waals surface area contributed by atoms with Gasteiger partial charge in [0, 0.05) is 11.6 Å². The van der Waals surface area contributed by atoms with Gasteiger partial charge in [0.15, 0.2) is 0 Å². The summed E-state index contributed by atoms with van der Waals surface area (Å²) in [5.41, 5.74) is 0.970. The zero-order valence-electron chi connectivity index (χ0n) is 11.1. The van der Waals surface area contributed by atoms with Gasteiger partial charge in [0.05, 0.1) is 9.50 Å². The Bertz CT molecular complexity index is 664. The van der Waals surface area contributed by atoms with Crippen LogP contribution >= 0.6 is 27.5 Å². The van der Waals surface area contributed by atoms with Crippen LogP contribution in [0.2, 0.25) is 5.02 Å². The van der Waals surface area contributed by atoms with Crippen molar-refractivity contribution in [1.29, 1.82) is 0 Å². The average molecular weight is 379 g/mol. The van der Waals surface area contributed by atoms with Crippen molar-refractivity contribution in [2.45, 2.75) is 12.5 Å². The normalized spacial score (nSPS) is 12.5. The third kappa shape index (κ3) is 3.78. The highest BCUT2D eigenvalue weighted by Gasteiger charge is 2.18. The molecule has 2 aromatic rings. The molecule has 0 fully saturated rings. The number of halogens is 5. The highest BCUT2D eigenvalue weighted by atomic mass is 79.9. The summed E-state index contributed by atoms with van der Waals surface area (Å²) in [4.78, 5) is 0. The van der Waals surface area contributed by atoms with Crippen LogP contribution in [0.5, 0.6) is 0 Å². The molecule has 6 heteroatoms. The van der Waals surface area contributed by atoms with Crippen LogP contribution in [0.4, 0.5) is 13.2 Å². The van der Waals surface area contributed by atoms with Crippen molar-refractivity contribution in [3.63, 3.8) is 0 Å². The van der Waals surface area contributed by atoms with Crippen LogP contribution in [0.25, 0.3) is 0 Å². The summed E-state index contributed by atoms with van der Waals surface area (Å²) >= 11 is 8.65. The molecular weight excluding hydrogens is 367 g/mol. The van der Waals surface area contributed by atoms with E-state index in [1.54, 1.807) is 19.2 Å². The summed E-state index contributed by atoms with van der Waals surface area (Å²) < 4.78 is 41.0. The van der Waals surface area contributed by atoms with Crippen LogP contribution in [0, 0.1) is 17.5 Å². The van der Waals surface area contributed by atoms with Gasteiger partial charge in [0.1, 0.15) is 17.5 Å². The lowest BCUT2D eigenvalue weighted by molar-refractivity contribution is 0.522. The van der Waals surface area contributed by atoms with Crippen molar-refractivity contribution in [2.75, 3.05) is 7.05 Å². The van der Waals surface area contributed by atoms with Gasteiger partial charge in [-0.1, -0.05) is 17.7 Å². The van der Waals surface area contributed by atoms with Crippen molar-refractivity contribution < 1.29 is 13.2 Å². The Labute approximate surface area is 134 Å². The van der Waals surface area contributed by atoms with E-state index >= 15 is 0 Å². The monoisotopic (exact) mass is 377 g/mol. The van der Waals surface area contributed by atoms with Gasteiger partial charge in [-0.3, -0.25) is 0 Å². The van der Waals surface area contributed by atoms with Gasteiger partial charge in [-0.15, -0.1) is 0 Å². The minimum Gasteiger partial charge on any atom is -0.313 e. The lowest BCUT2D eigenvalue weighted by atomic mass is 9.98. The summed E-state index contributed by atoms with van der Waals surface area (Å²) in [7, 11) is 1.65. The number of hydrogen-bond acceptors (Lipinski definition) is 1. The molecule has 1 unspecified atom stereocenters. The molecular formula is C15H12BrClF3N. The summed E-state index contributed by atoms with van der Waals surface area (Å²) in [5.74, 6) is -1.63. The van der Waals surface area contributed by atoms with E-state index in [0.29, 0.717) is 10.9 Å². The minimum absolute atomic E-state index is 0.180. The van der Waals surface area contributed by atoms with Crippen molar-refractivity contribution in [3.8, 4) is 0 Å². The molecule has 0 radical (unpaired) electrons. The predicted octanol–water partition coefficient (Wildman–Crippen LogP) is 5.02. The van der Waals surface area contributed by atoms with Gasteiger partial charge < -0.3 is 5.32 Å². The molecule has 0 bridgehead atoms. The summed E-state index contributed by atoms with van der Waals surface area (Å²) in [6, 6.07) is 6.13. The van der Waals surface area contributed by atoms with Gasteiger partial charge in [-0.25, -0.2) is 13.2 Å². The molecule has 0 aromatic heterocycles. The first-order valence-electron chi connectivity index (χ1n) is 6.18. The van der Waals surface area contributed by atoms with Crippen molar-refractivity contribution in [1.82, 2.24) is 5.32 Å². The SMILES string of the molecule is CNC(Cc1ccc(F)c(Br)c1)c1cc(F)c(Cl)cc1F. The lowest BCUT2D eigenvalue weighted by Gasteiger charge is -2.18. The van der Waals surface area contributed by atoms with Crippen LogP contribution in [0.15, 0.2) is 34.8 Å². The second kappa shape index (κ2) is 6.81. The van der Waals surface area contributed by atoms with Crippen LogP contribution < -0.4 is 5.32 Å². The first-order valence-corrected chi connectivity index (χ1v) is 7.35. The fourth-order valence-electron chi connectivity index (χ4n) is 2.07. The second-order valence-corrected chi connectivity index (χ2v) is 5.84. The van der Waals surface area contributed by atoms with E-state index in [9.17, 15) is 13.2 Å². The number of benzene rings is 2. The number of rotatable bonds is 4. The van der Waals surface area contributed by atoms with Crippen LogP contribution in [0.3, 0.4) is 0 Å². The largest absolute Gasteiger partial charge is 0.313 e. The molecule has 0 saturated carbocycles. The van der Waals surface area contributed by atoms with Crippen molar-refractivity contribution in [3.05, 3.63) is 68.4 Å². The standard InChI is InChI=1S/C15H12BrClF3N/c1-21-15(5-8-2-3-12(18)10(16)4-8)9-6-14(20)11(17)7-13(9)19/h2-4,6-7,15,21H,5H2,1H3. The van der Waals surface area contributed by atoms with Gasteiger partial charge in [0.25, 0.3) is 0 Å². The summed E-state index contributed by atoms with van der Waals surface area (Å²) in [6.45, 7) is 0. The van der Waals surface area contributed by atoms with E-state index in [1.807, 2.05) is 0 Å². The van der Waals surface area contributed by atoms with Gasteiger partial charge >= 0.3 is 0 Å². The smallest absolute Gasteiger partial charge is 0.142 e. The molecule has 0 amide bonds. The van der Waals surface area contributed by atoms with Crippen LogP contribution in [-0.4, -0.2) is 7.05 Å². The Morgan fingerprint density at radius 2 is 1.81 bits per heavy atom. The Morgan fingerprint density at radius 1 is 1.10 bits per heavy atom. The third-order valence-electron chi connectivity index (χ3n) is 3.19. The van der Waals surface area contributed by atoms with Crippen molar-refractivity contribution >= 4 is 27.5 Å². The number of likely N-dealkylation sites (N-methyl/N-ethyl adjacent to an activating group) is 1. The molecule has 21 heavy (non-hydrogen) atoms. The zero-order chi connectivity index (χ0) is 15.6. The van der Waals surface area contributed by atoms with Gasteiger partial charge in [-0.2, -0.15) is 0 Å². The van der Waals surface area contributed by atoms with E-state index < -0.39 is 17.7 Å². The maximum Gasteiger partial charge on any atom is 0.142 e. The topological polar surface area (TPSA) is 12.0 Å². The fourth-order valence-corrected chi connectivity index (χ4v) is 2.65. The van der Waals surface area contributed by atoms with Crippen molar-refractivity contribution in [2.24, 2.45) is 0 Å². The number of hydrogen-bond donors (Lipinski definition) is 1. The maximum absolute atomic E-state index is 14.0. The van der Waals surface area contributed by atoms with Gasteiger partial charge in [0.2, 0.25) is 0 Å². The molecule has 1 atom stereocenters. The highest BCUT2D eigenvalue weighted by Crippen LogP contribution is 2.27. The third-order valence-corrected chi connectivity index (χ3v) is 4.08. The maximum atomic E-state index is 14.0. The predicted molar refractivity (Wildman–Crippen MR) is 81.0 cm³/mol. The second-order valence-electron chi connectivity index (χ2n) is 4.58. The zero-order valence-corrected chi connectivity index (χ0v) is 13.4. The Kier molecular flexibility index (Phi) is 5.30. The summed E-state index contributed by atoms with van der Waals surface area (Å²) in [5, 5.41) is 2.68.